The molecule has 100 valence electrons. The molecule has 0 spiro atoms. The zero-order valence-electron chi connectivity index (χ0n) is 11.4. The van der Waals surface area contributed by atoms with E-state index in [1.807, 2.05) is 24.3 Å². The highest BCUT2D eigenvalue weighted by atomic mass is 35.5. The maximum absolute atomic E-state index is 6.39. The van der Waals surface area contributed by atoms with Gasteiger partial charge in [-0.25, -0.2) is 0 Å². The van der Waals surface area contributed by atoms with Crippen LogP contribution in [-0.4, -0.2) is 7.11 Å². The predicted octanol–water partition coefficient (Wildman–Crippen LogP) is 4.01. The van der Waals surface area contributed by atoms with Gasteiger partial charge >= 0.3 is 0 Å². The van der Waals surface area contributed by atoms with E-state index in [2.05, 4.69) is 26.0 Å². The van der Waals surface area contributed by atoms with E-state index in [1.165, 1.54) is 11.1 Å². The zero-order chi connectivity index (χ0) is 14.0. The number of halogens is 1. The summed E-state index contributed by atoms with van der Waals surface area (Å²) in [6.45, 7) is 4.16. The Bertz CT molecular complexity index is 575. The number of hydrogen-bond acceptors (Lipinski definition) is 2. The summed E-state index contributed by atoms with van der Waals surface area (Å²) in [6, 6.07) is 11.7. The van der Waals surface area contributed by atoms with Gasteiger partial charge in [-0.1, -0.05) is 35.9 Å². The van der Waals surface area contributed by atoms with Crippen molar-refractivity contribution >= 4 is 11.6 Å². The Hall–Kier alpha value is -1.51. The smallest absolute Gasteiger partial charge is 0.137 e. The van der Waals surface area contributed by atoms with E-state index in [0.29, 0.717) is 10.8 Å². The SMILES string of the molecule is COc1cc(C(N)c2c(C)cccc2C)ccc1Cl. The van der Waals surface area contributed by atoms with Crippen molar-refractivity contribution in [1.82, 2.24) is 0 Å². The molecule has 2 nitrogen and oxygen atoms in total. The Morgan fingerprint density at radius 2 is 1.74 bits per heavy atom. The van der Waals surface area contributed by atoms with Crippen molar-refractivity contribution in [1.29, 1.82) is 0 Å². The van der Waals surface area contributed by atoms with Gasteiger partial charge in [0.25, 0.3) is 0 Å². The van der Waals surface area contributed by atoms with E-state index in [1.54, 1.807) is 7.11 Å². The highest BCUT2D eigenvalue weighted by molar-refractivity contribution is 6.32. The summed E-state index contributed by atoms with van der Waals surface area (Å²) in [7, 11) is 1.61. The number of aryl methyl sites for hydroxylation is 2. The number of nitrogens with two attached hydrogens (primary N) is 1. The van der Waals surface area contributed by atoms with Crippen molar-refractivity contribution < 1.29 is 4.74 Å². The number of rotatable bonds is 3. The maximum atomic E-state index is 6.39. The largest absolute Gasteiger partial charge is 0.495 e. The van der Waals surface area contributed by atoms with Crippen molar-refractivity contribution in [2.75, 3.05) is 7.11 Å². The highest BCUT2D eigenvalue weighted by Gasteiger charge is 2.15. The van der Waals surface area contributed by atoms with Gasteiger partial charge in [0.2, 0.25) is 0 Å². The summed E-state index contributed by atoms with van der Waals surface area (Å²) in [6.07, 6.45) is 0. The number of benzene rings is 2. The highest BCUT2D eigenvalue weighted by Crippen LogP contribution is 2.31. The van der Waals surface area contributed by atoms with Crippen LogP contribution in [0, 0.1) is 13.8 Å². The Kier molecular flexibility index (Phi) is 4.13. The van der Waals surface area contributed by atoms with E-state index < -0.39 is 0 Å². The van der Waals surface area contributed by atoms with E-state index in [9.17, 15) is 0 Å². The summed E-state index contributed by atoms with van der Waals surface area (Å²) >= 11 is 6.04. The number of methoxy groups -OCH3 is 1. The van der Waals surface area contributed by atoms with Crippen LogP contribution in [0.2, 0.25) is 5.02 Å². The van der Waals surface area contributed by atoms with Crippen LogP contribution in [0.1, 0.15) is 28.3 Å². The monoisotopic (exact) mass is 275 g/mol. The van der Waals surface area contributed by atoms with Gasteiger partial charge in [0.05, 0.1) is 18.2 Å². The third-order valence-electron chi connectivity index (χ3n) is 3.39. The van der Waals surface area contributed by atoms with E-state index >= 15 is 0 Å². The predicted molar refractivity (Wildman–Crippen MR) is 80.0 cm³/mol. The van der Waals surface area contributed by atoms with Gasteiger partial charge in [-0.3, -0.25) is 0 Å². The van der Waals surface area contributed by atoms with Crippen LogP contribution < -0.4 is 10.5 Å². The van der Waals surface area contributed by atoms with Crippen LogP contribution >= 0.6 is 11.6 Å². The number of ether oxygens (including phenoxy) is 1. The summed E-state index contributed by atoms with van der Waals surface area (Å²) in [5.41, 5.74) is 10.9. The fourth-order valence-corrected chi connectivity index (χ4v) is 2.55. The maximum Gasteiger partial charge on any atom is 0.137 e. The van der Waals surface area contributed by atoms with E-state index in [4.69, 9.17) is 22.1 Å². The molecule has 0 aliphatic heterocycles. The molecule has 0 saturated carbocycles. The second-order valence-electron chi connectivity index (χ2n) is 4.68. The summed E-state index contributed by atoms with van der Waals surface area (Å²) < 4.78 is 5.24. The lowest BCUT2D eigenvalue weighted by Gasteiger charge is -2.19. The molecule has 1 unspecified atom stereocenters. The van der Waals surface area contributed by atoms with Crippen LogP contribution in [0.5, 0.6) is 5.75 Å². The first-order valence-corrected chi connectivity index (χ1v) is 6.57. The molecular weight excluding hydrogens is 258 g/mol. The van der Waals surface area contributed by atoms with Crippen molar-refractivity contribution in [2.24, 2.45) is 5.73 Å². The molecule has 0 amide bonds. The van der Waals surface area contributed by atoms with Gasteiger partial charge in [-0.15, -0.1) is 0 Å². The van der Waals surface area contributed by atoms with Crippen LogP contribution in [0.25, 0.3) is 0 Å². The summed E-state index contributed by atoms with van der Waals surface area (Å²) in [5, 5.41) is 0.597. The summed E-state index contributed by atoms with van der Waals surface area (Å²) in [4.78, 5) is 0. The Balaban J connectivity index is 2.47. The zero-order valence-corrected chi connectivity index (χ0v) is 12.2. The molecule has 1 atom stereocenters. The molecule has 2 aromatic rings. The van der Waals surface area contributed by atoms with Gasteiger partial charge in [0, 0.05) is 0 Å². The van der Waals surface area contributed by atoms with Crippen molar-refractivity contribution in [2.45, 2.75) is 19.9 Å². The van der Waals surface area contributed by atoms with Gasteiger partial charge in [-0.05, 0) is 48.2 Å². The first kappa shape index (κ1) is 13.9. The standard InChI is InChI=1S/C16H18ClNO/c1-10-5-4-6-11(2)15(10)16(18)12-7-8-13(17)14(9-12)19-3/h4-9,16H,18H2,1-3H3. The molecule has 2 aromatic carbocycles. The van der Waals surface area contributed by atoms with Crippen LogP contribution in [0.15, 0.2) is 36.4 Å². The first-order chi connectivity index (χ1) is 9.04. The average molecular weight is 276 g/mol. The van der Waals surface area contributed by atoms with Crippen LogP contribution in [0.3, 0.4) is 0 Å². The summed E-state index contributed by atoms with van der Waals surface area (Å²) in [5.74, 6) is 0.654. The Labute approximate surface area is 119 Å². The molecule has 0 heterocycles. The molecule has 0 aromatic heterocycles. The van der Waals surface area contributed by atoms with Gasteiger partial charge in [-0.2, -0.15) is 0 Å². The number of hydrogen-bond donors (Lipinski definition) is 1. The molecule has 0 aliphatic rings. The molecule has 0 aliphatic carbocycles. The minimum atomic E-state index is -0.174. The van der Waals surface area contributed by atoms with Crippen LogP contribution in [-0.2, 0) is 0 Å². The van der Waals surface area contributed by atoms with E-state index in [-0.39, 0.29) is 6.04 Å². The lowest BCUT2D eigenvalue weighted by molar-refractivity contribution is 0.414. The normalized spacial score (nSPS) is 12.3. The third kappa shape index (κ3) is 2.75. The van der Waals surface area contributed by atoms with Crippen molar-refractivity contribution in [3.8, 4) is 5.75 Å². The fourth-order valence-electron chi connectivity index (χ4n) is 2.35. The topological polar surface area (TPSA) is 35.2 Å². The minimum Gasteiger partial charge on any atom is -0.495 e. The molecule has 3 heteroatoms. The lowest BCUT2D eigenvalue weighted by atomic mass is 9.92. The Morgan fingerprint density at radius 3 is 2.32 bits per heavy atom. The lowest BCUT2D eigenvalue weighted by Crippen LogP contribution is -2.14. The van der Waals surface area contributed by atoms with E-state index in [0.717, 1.165) is 11.1 Å². The van der Waals surface area contributed by atoms with Gasteiger partial charge < -0.3 is 10.5 Å². The minimum absolute atomic E-state index is 0.174. The molecule has 0 saturated heterocycles. The molecular formula is C16H18ClNO. The van der Waals surface area contributed by atoms with Crippen molar-refractivity contribution in [3.05, 3.63) is 63.7 Å². The van der Waals surface area contributed by atoms with Crippen molar-refractivity contribution in [3.63, 3.8) is 0 Å². The van der Waals surface area contributed by atoms with Crippen LogP contribution in [0.4, 0.5) is 0 Å². The Morgan fingerprint density at radius 1 is 1.11 bits per heavy atom. The second kappa shape index (κ2) is 5.64. The molecule has 0 fully saturated rings. The molecule has 2 N–H and O–H groups in total. The molecule has 0 radical (unpaired) electrons. The molecule has 2 rings (SSSR count). The van der Waals surface area contributed by atoms with Gasteiger partial charge in [0.1, 0.15) is 5.75 Å². The fraction of sp³-hybridized carbons (Fsp3) is 0.250. The molecule has 0 bridgehead atoms. The quantitative estimate of drug-likeness (QED) is 0.918. The van der Waals surface area contributed by atoms with Gasteiger partial charge in [0.15, 0.2) is 0 Å². The average Bonchev–Trinajstić information content (AvgIpc) is 2.39. The second-order valence-corrected chi connectivity index (χ2v) is 5.08. The first-order valence-electron chi connectivity index (χ1n) is 6.19. The third-order valence-corrected chi connectivity index (χ3v) is 3.70. The molecule has 19 heavy (non-hydrogen) atoms.